The van der Waals surface area contributed by atoms with Crippen LogP contribution in [0.3, 0.4) is 0 Å². The zero-order chi connectivity index (χ0) is 10.7. The lowest BCUT2D eigenvalue weighted by Gasteiger charge is -2.05. The number of nitriles is 1. The zero-order valence-electron chi connectivity index (χ0n) is 7.25. The van der Waals surface area contributed by atoms with Gasteiger partial charge in [-0.3, -0.25) is 4.79 Å². The third kappa shape index (κ3) is 1.86. The number of ketones is 1. The largest absolute Gasteiger partial charge is 0.398 e. The minimum absolute atomic E-state index is 0.154. The highest BCUT2D eigenvalue weighted by Gasteiger charge is 2.11. The molecule has 0 atom stereocenters. The van der Waals surface area contributed by atoms with Crippen LogP contribution in [0.2, 0.25) is 0 Å². The Labute approximate surface area is 89.6 Å². The van der Waals surface area contributed by atoms with Crippen molar-refractivity contribution in [2.75, 3.05) is 16.8 Å². The van der Waals surface area contributed by atoms with Crippen LogP contribution >= 0.6 is 15.9 Å². The summed E-state index contributed by atoms with van der Waals surface area (Å²) in [5.74, 6) is -0.154. The lowest BCUT2D eigenvalue weighted by molar-refractivity contribution is 0.102. The van der Waals surface area contributed by atoms with E-state index in [1.807, 2.05) is 6.07 Å². The first-order chi connectivity index (χ1) is 6.60. The molecule has 0 aliphatic carbocycles. The molecular weight excluding hydrogens is 246 g/mol. The standard InChI is InChI=1S/C9H8BrN3O/c10-3-9(14)6-2-7(12)5(4-11)1-8(6)13/h1-2H,3,12-13H2. The molecule has 0 saturated heterocycles. The van der Waals surface area contributed by atoms with Crippen molar-refractivity contribution in [2.24, 2.45) is 0 Å². The van der Waals surface area contributed by atoms with Gasteiger partial charge in [-0.25, -0.2) is 0 Å². The summed E-state index contributed by atoms with van der Waals surface area (Å²) in [5.41, 5.74) is 12.3. The molecule has 0 aliphatic rings. The first kappa shape index (κ1) is 10.5. The molecule has 0 saturated carbocycles. The van der Waals surface area contributed by atoms with Crippen LogP contribution in [0.15, 0.2) is 12.1 Å². The Balaban J connectivity index is 3.30. The molecule has 1 aromatic rings. The van der Waals surface area contributed by atoms with E-state index in [1.54, 1.807) is 0 Å². The number of Topliss-reactive ketones (excluding diaryl/α,β-unsaturated/α-hetero) is 1. The monoisotopic (exact) mass is 253 g/mol. The van der Waals surface area contributed by atoms with E-state index in [0.29, 0.717) is 5.56 Å². The molecule has 4 nitrogen and oxygen atoms in total. The minimum atomic E-state index is -0.154. The molecule has 0 radical (unpaired) electrons. The van der Waals surface area contributed by atoms with Gasteiger partial charge in [-0.2, -0.15) is 5.26 Å². The number of hydrogen-bond donors (Lipinski definition) is 2. The summed E-state index contributed by atoms with van der Waals surface area (Å²) in [6.45, 7) is 0. The maximum Gasteiger partial charge on any atom is 0.175 e. The molecule has 1 rings (SSSR count). The van der Waals surface area contributed by atoms with E-state index < -0.39 is 0 Å². The van der Waals surface area contributed by atoms with Crippen molar-refractivity contribution < 1.29 is 4.79 Å². The van der Waals surface area contributed by atoms with Crippen molar-refractivity contribution in [3.8, 4) is 6.07 Å². The predicted octanol–water partition coefficient (Wildman–Crippen LogP) is 1.30. The number of carbonyl (C=O) groups excluding carboxylic acids is 1. The third-order valence-electron chi connectivity index (χ3n) is 1.76. The highest BCUT2D eigenvalue weighted by molar-refractivity contribution is 9.09. The fourth-order valence-electron chi connectivity index (χ4n) is 1.04. The van der Waals surface area contributed by atoms with Crippen LogP contribution < -0.4 is 11.5 Å². The van der Waals surface area contributed by atoms with Gasteiger partial charge in [0.25, 0.3) is 0 Å². The van der Waals surface area contributed by atoms with Crippen LogP contribution in [-0.2, 0) is 0 Å². The summed E-state index contributed by atoms with van der Waals surface area (Å²) in [7, 11) is 0. The average Bonchev–Trinajstić information content (AvgIpc) is 2.19. The Morgan fingerprint density at radius 1 is 1.43 bits per heavy atom. The van der Waals surface area contributed by atoms with Gasteiger partial charge in [0.05, 0.1) is 16.6 Å². The van der Waals surface area contributed by atoms with E-state index >= 15 is 0 Å². The summed E-state index contributed by atoms with van der Waals surface area (Å²) in [4.78, 5) is 11.3. The van der Waals surface area contributed by atoms with Crippen molar-refractivity contribution in [1.29, 1.82) is 5.26 Å². The number of rotatable bonds is 2. The number of halogens is 1. The molecule has 0 fully saturated rings. The normalized spacial score (nSPS) is 9.43. The van der Waals surface area contributed by atoms with Gasteiger partial charge in [-0.15, -0.1) is 0 Å². The minimum Gasteiger partial charge on any atom is -0.398 e. The lowest BCUT2D eigenvalue weighted by atomic mass is 10.1. The van der Waals surface area contributed by atoms with Crippen molar-refractivity contribution in [1.82, 2.24) is 0 Å². The van der Waals surface area contributed by atoms with Gasteiger partial charge >= 0.3 is 0 Å². The Hall–Kier alpha value is -1.54. The third-order valence-corrected chi connectivity index (χ3v) is 2.27. The second kappa shape index (κ2) is 4.11. The Morgan fingerprint density at radius 2 is 2.07 bits per heavy atom. The van der Waals surface area contributed by atoms with Crippen molar-refractivity contribution in [3.63, 3.8) is 0 Å². The number of nitrogens with two attached hydrogens (primary N) is 2. The average molecular weight is 254 g/mol. The van der Waals surface area contributed by atoms with Gasteiger partial charge in [0.2, 0.25) is 0 Å². The SMILES string of the molecule is N#Cc1cc(N)c(C(=O)CBr)cc1N. The topological polar surface area (TPSA) is 92.9 Å². The Kier molecular flexibility index (Phi) is 3.10. The lowest BCUT2D eigenvalue weighted by Crippen LogP contribution is -2.06. The van der Waals surface area contributed by atoms with E-state index in [9.17, 15) is 4.79 Å². The van der Waals surface area contributed by atoms with E-state index in [1.165, 1.54) is 12.1 Å². The fraction of sp³-hybridized carbons (Fsp3) is 0.111. The van der Waals surface area contributed by atoms with E-state index in [0.717, 1.165) is 0 Å². The quantitative estimate of drug-likeness (QED) is 0.472. The van der Waals surface area contributed by atoms with E-state index in [4.69, 9.17) is 16.7 Å². The summed E-state index contributed by atoms with van der Waals surface area (Å²) < 4.78 is 0. The Morgan fingerprint density at radius 3 is 2.57 bits per heavy atom. The number of nitrogens with zero attached hydrogens (tertiary/aromatic N) is 1. The molecule has 0 unspecified atom stereocenters. The maximum absolute atomic E-state index is 11.3. The van der Waals surface area contributed by atoms with Gasteiger partial charge in [0.1, 0.15) is 6.07 Å². The molecule has 0 bridgehead atoms. The Bertz CT molecular complexity index is 423. The molecule has 0 aliphatic heterocycles. The summed E-state index contributed by atoms with van der Waals surface area (Å²) >= 11 is 3.03. The molecule has 1 aromatic carbocycles. The van der Waals surface area contributed by atoms with Gasteiger partial charge in [0.15, 0.2) is 5.78 Å². The van der Waals surface area contributed by atoms with Crippen molar-refractivity contribution >= 4 is 33.1 Å². The van der Waals surface area contributed by atoms with Gasteiger partial charge in [-0.05, 0) is 12.1 Å². The smallest absolute Gasteiger partial charge is 0.175 e. The van der Waals surface area contributed by atoms with Gasteiger partial charge in [0, 0.05) is 11.3 Å². The molecule has 0 heterocycles. The van der Waals surface area contributed by atoms with E-state index in [2.05, 4.69) is 15.9 Å². The van der Waals surface area contributed by atoms with E-state index in [-0.39, 0.29) is 28.1 Å². The number of alkyl halides is 1. The molecule has 0 spiro atoms. The number of benzene rings is 1. The number of carbonyl (C=O) groups is 1. The molecule has 14 heavy (non-hydrogen) atoms. The van der Waals surface area contributed by atoms with Crippen molar-refractivity contribution in [3.05, 3.63) is 23.3 Å². The molecule has 0 aromatic heterocycles. The molecule has 4 N–H and O–H groups in total. The van der Waals surface area contributed by atoms with Crippen LogP contribution in [0.25, 0.3) is 0 Å². The van der Waals surface area contributed by atoms with Gasteiger partial charge in [-0.1, -0.05) is 15.9 Å². The summed E-state index contributed by atoms with van der Waals surface area (Å²) in [6, 6.07) is 4.73. The summed E-state index contributed by atoms with van der Waals surface area (Å²) in [6.07, 6.45) is 0. The molecular formula is C9H8BrN3O. The highest BCUT2D eigenvalue weighted by Crippen LogP contribution is 2.21. The predicted molar refractivity (Wildman–Crippen MR) is 58.1 cm³/mol. The van der Waals surface area contributed by atoms with Crippen LogP contribution in [0.4, 0.5) is 11.4 Å². The van der Waals surface area contributed by atoms with Crippen molar-refractivity contribution in [2.45, 2.75) is 0 Å². The number of hydrogen-bond acceptors (Lipinski definition) is 4. The number of anilines is 2. The number of nitrogen functional groups attached to an aromatic ring is 2. The van der Waals surface area contributed by atoms with Crippen LogP contribution in [0, 0.1) is 11.3 Å². The van der Waals surface area contributed by atoms with Crippen LogP contribution in [0.1, 0.15) is 15.9 Å². The summed E-state index contributed by atoms with van der Waals surface area (Å²) in [5, 5.41) is 8.83. The van der Waals surface area contributed by atoms with Crippen LogP contribution in [-0.4, -0.2) is 11.1 Å². The molecule has 5 heteroatoms. The molecule has 72 valence electrons. The maximum atomic E-state index is 11.3. The second-order valence-electron chi connectivity index (χ2n) is 2.70. The molecule has 0 amide bonds. The van der Waals surface area contributed by atoms with Crippen LogP contribution in [0.5, 0.6) is 0 Å². The second-order valence-corrected chi connectivity index (χ2v) is 3.26. The first-order valence-corrected chi connectivity index (χ1v) is 4.90. The highest BCUT2D eigenvalue weighted by atomic mass is 79.9. The first-order valence-electron chi connectivity index (χ1n) is 3.78. The fourth-order valence-corrected chi connectivity index (χ4v) is 1.35. The van der Waals surface area contributed by atoms with Gasteiger partial charge < -0.3 is 11.5 Å². The zero-order valence-corrected chi connectivity index (χ0v) is 8.84.